The fraction of sp³-hybridized carbons (Fsp3) is 0.474. The first-order chi connectivity index (χ1) is 13.5. The molecule has 0 saturated heterocycles. The molecule has 0 spiro atoms. The van der Waals surface area contributed by atoms with Crippen molar-refractivity contribution in [1.29, 1.82) is 0 Å². The fourth-order valence-corrected chi connectivity index (χ4v) is 3.77. The average molecular weight is 425 g/mol. The van der Waals surface area contributed by atoms with Crippen LogP contribution in [0, 0.1) is 0 Å². The molecule has 7 nitrogen and oxygen atoms in total. The molecule has 0 atom stereocenters. The minimum atomic E-state index is -0.541. The van der Waals surface area contributed by atoms with Crippen molar-refractivity contribution in [2.75, 3.05) is 5.88 Å². The van der Waals surface area contributed by atoms with Gasteiger partial charge < -0.3 is 5.11 Å². The molecular formula is C19H22Cl2N4O3. The van der Waals surface area contributed by atoms with Crippen LogP contribution in [0.2, 0.25) is 5.15 Å². The Morgan fingerprint density at radius 1 is 1.29 bits per heavy atom. The predicted molar refractivity (Wildman–Crippen MR) is 111 cm³/mol. The number of nitrogens with zero attached hydrogens (tertiary/aromatic N) is 4. The lowest BCUT2D eigenvalue weighted by Crippen LogP contribution is -2.44. The summed E-state index contributed by atoms with van der Waals surface area (Å²) in [6.07, 6.45) is 7.82. The first kappa shape index (κ1) is 20.6. The summed E-state index contributed by atoms with van der Waals surface area (Å²) in [5, 5.41) is 10.8. The van der Waals surface area contributed by atoms with Crippen LogP contribution in [0.1, 0.15) is 50.1 Å². The Hall–Kier alpha value is -2.12. The van der Waals surface area contributed by atoms with E-state index in [1.165, 1.54) is 21.5 Å². The van der Waals surface area contributed by atoms with Gasteiger partial charge in [-0.2, -0.15) is 0 Å². The van der Waals surface area contributed by atoms with E-state index in [4.69, 9.17) is 23.2 Å². The van der Waals surface area contributed by atoms with Crippen molar-refractivity contribution in [2.24, 2.45) is 4.99 Å². The molecule has 1 saturated carbocycles. The quantitative estimate of drug-likeness (QED) is 0.435. The molecule has 0 bridgehead atoms. The molecule has 28 heavy (non-hydrogen) atoms. The molecule has 2 aromatic rings. The minimum Gasteiger partial charge on any atom is -0.494 e. The summed E-state index contributed by atoms with van der Waals surface area (Å²) in [7, 11) is 0. The molecular weight excluding hydrogens is 403 g/mol. The predicted octanol–water partition coefficient (Wildman–Crippen LogP) is 3.65. The number of halogens is 2. The van der Waals surface area contributed by atoms with E-state index in [1.54, 1.807) is 12.1 Å². The van der Waals surface area contributed by atoms with Gasteiger partial charge in [-0.1, -0.05) is 30.9 Å². The van der Waals surface area contributed by atoms with E-state index in [2.05, 4.69) is 9.98 Å². The summed E-state index contributed by atoms with van der Waals surface area (Å²) in [6.45, 7) is 0.218. The van der Waals surface area contributed by atoms with Gasteiger partial charge in [0.25, 0.3) is 5.56 Å². The molecule has 0 amide bonds. The molecule has 150 valence electrons. The molecule has 2 aromatic heterocycles. The van der Waals surface area contributed by atoms with E-state index >= 15 is 0 Å². The van der Waals surface area contributed by atoms with E-state index in [1.807, 2.05) is 0 Å². The topological polar surface area (TPSA) is 89.5 Å². The van der Waals surface area contributed by atoms with Crippen LogP contribution in [0.15, 0.2) is 32.9 Å². The fourth-order valence-electron chi connectivity index (χ4n) is 3.48. The molecule has 0 aromatic carbocycles. The lowest BCUT2D eigenvalue weighted by atomic mass is 9.95. The zero-order valence-electron chi connectivity index (χ0n) is 15.4. The standard InChI is InChI=1S/C19H22Cl2N4O3/c20-9-5-11-24-17(26)14(12-23-15-8-4-10-22-16(15)21)18(27)25(19(24)28)13-6-2-1-3-7-13/h4,8,10,12-13,26H,1-3,5-7,9,11H2. The van der Waals surface area contributed by atoms with Crippen LogP contribution in [0.4, 0.5) is 5.69 Å². The molecule has 1 N–H and O–H groups in total. The highest BCUT2D eigenvalue weighted by Gasteiger charge is 2.24. The number of hydrogen-bond donors (Lipinski definition) is 1. The van der Waals surface area contributed by atoms with E-state index in [0.29, 0.717) is 18.0 Å². The van der Waals surface area contributed by atoms with Crippen molar-refractivity contribution in [3.05, 3.63) is 49.9 Å². The van der Waals surface area contributed by atoms with Gasteiger partial charge in [-0.15, -0.1) is 11.6 Å². The maximum Gasteiger partial charge on any atom is 0.334 e. The van der Waals surface area contributed by atoms with Gasteiger partial charge in [-0.05, 0) is 31.4 Å². The monoisotopic (exact) mass is 424 g/mol. The Morgan fingerprint density at radius 2 is 2.04 bits per heavy atom. The second-order valence-corrected chi connectivity index (χ2v) is 7.49. The van der Waals surface area contributed by atoms with Crippen LogP contribution in [0.5, 0.6) is 5.88 Å². The Morgan fingerprint density at radius 3 is 2.71 bits per heavy atom. The SMILES string of the molecule is O=c1c(C=Nc2cccnc2Cl)c(O)n(CCCCl)c(=O)n1C1CCCCC1. The van der Waals surface area contributed by atoms with Gasteiger partial charge in [0.15, 0.2) is 5.15 Å². The Kier molecular flexibility index (Phi) is 6.91. The Balaban J connectivity index is 2.13. The van der Waals surface area contributed by atoms with Gasteiger partial charge >= 0.3 is 5.69 Å². The highest BCUT2D eigenvalue weighted by atomic mass is 35.5. The molecule has 3 rings (SSSR count). The molecule has 1 fully saturated rings. The number of pyridine rings is 1. The zero-order valence-corrected chi connectivity index (χ0v) is 16.9. The number of aromatic nitrogens is 3. The normalized spacial score (nSPS) is 15.4. The first-order valence-corrected chi connectivity index (χ1v) is 10.2. The summed E-state index contributed by atoms with van der Waals surface area (Å²) in [6, 6.07) is 3.14. The van der Waals surface area contributed by atoms with Crippen molar-refractivity contribution in [2.45, 2.75) is 51.1 Å². The third kappa shape index (κ3) is 4.31. The van der Waals surface area contributed by atoms with E-state index in [-0.39, 0.29) is 23.3 Å². The van der Waals surface area contributed by atoms with Crippen LogP contribution < -0.4 is 11.2 Å². The van der Waals surface area contributed by atoms with Crippen LogP contribution in [-0.2, 0) is 6.54 Å². The number of rotatable bonds is 6. The van der Waals surface area contributed by atoms with Gasteiger partial charge in [0.1, 0.15) is 11.3 Å². The number of alkyl halides is 1. The Labute approximate surface area is 172 Å². The summed E-state index contributed by atoms with van der Waals surface area (Å²) >= 11 is 11.8. The first-order valence-electron chi connectivity index (χ1n) is 9.33. The summed E-state index contributed by atoms with van der Waals surface area (Å²) in [5.41, 5.74) is -0.721. The van der Waals surface area contributed by atoms with Crippen LogP contribution in [0.25, 0.3) is 0 Å². The summed E-state index contributed by atoms with van der Waals surface area (Å²) in [4.78, 5) is 34.1. The van der Waals surface area contributed by atoms with Gasteiger partial charge in [0, 0.05) is 30.9 Å². The average Bonchev–Trinajstić information content (AvgIpc) is 2.70. The number of hydrogen-bond acceptors (Lipinski definition) is 5. The zero-order chi connectivity index (χ0) is 20.1. The highest BCUT2D eigenvalue weighted by molar-refractivity contribution is 6.31. The van der Waals surface area contributed by atoms with Crippen LogP contribution in [-0.4, -0.2) is 31.3 Å². The van der Waals surface area contributed by atoms with Gasteiger partial charge in [-0.25, -0.2) is 9.78 Å². The van der Waals surface area contributed by atoms with Crippen LogP contribution in [0.3, 0.4) is 0 Å². The third-order valence-corrected chi connectivity index (χ3v) is 5.47. The third-order valence-electron chi connectivity index (χ3n) is 4.91. The molecule has 1 aliphatic rings. The van der Waals surface area contributed by atoms with Crippen molar-refractivity contribution in [1.82, 2.24) is 14.1 Å². The molecule has 0 aliphatic heterocycles. The molecule has 0 unspecified atom stereocenters. The second kappa shape index (κ2) is 9.39. The molecule has 9 heteroatoms. The van der Waals surface area contributed by atoms with Crippen molar-refractivity contribution < 1.29 is 5.11 Å². The Bertz CT molecular complexity index is 978. The second-order valence-electron chi connectivity index (χ2n) is 6.75. The summed E-state index contributed by atoms with van der Waals surface area (Å²) in [5.74, 6) is -0.0701. The highest BCUT2D eigenvalue weighted by Crippen LogP contribution is 2.27. The van der Waals surface area contributed by atoms with Crippen molar-refractivity contribution in [3.8, 4) is 5.88 Å². The van der Waals surface area contributed by atoms with E-state index in [9.17, 15) is 14.7 Å². The lowest BCUT2D eigenvalue weighted by molar-refractivity contribution is 0.315. The van der Waals surface area contributed by atoms with E-state index < -0.39 is 17.1 Å². The largest absolute Gasteiger partial charge is 0.494 e. The number of aliphatic imine (C=N–C) groups is 1. The maximum atomic E-state index is 13.1. The molecule has 0 radical (unpaired) electrons. The van der Waals surface area contributed by atoms with Gasteiger partial charge in [0.2, 0.25) is 5.88 Å². The van der Waals surface area contributed by atoms with Gasteiger partial charge in [0.05, 0.1) is 0 Å². The maximum absolute atomic E-state index is 13.1. The smallest absolute Gasteiger partial charge is 0.334 e. The minimum absolute atomic E-state index is 0.0420. The molecule has 1 aliphatic carbocycles. The van der Waals surface area contributed by atoms with E-state index in [0.717, 1.165) is 32.1 Å². The van der Waals surface area contributed by atoms with Gasteiger partial charge in [-0.3, -0.25) is 18.9 Å². The molecule has 2 heterocycles. The van der Waals surface area contributed by atoms with Crippen LogP contribution >= 0.6 is 23.2 Å². The number of aromatic hydroxyl groups is 1. The lowest BCUT2D eigenvalue weighted by Gasteiger charge is -2.24. The summed E-state index contributed by atoms with van der Waals surface area (Å²) < 4.78 is 2.46. The van der Waals surface area contributed by atoms with Crippen molar-refractivity contribution in [3.63, 3.8) is 0 Å². The van der Waals surface area contributed by atoms with Crippen molar-refractivity contribution >= 4 is 35.1 Å².